The van der Waals surface area contributed by atoms with Crippen molar-refractivity contribution in [3.8, 4) is 0 Å². The zero-order chi connectivity index (χ0) is 16.4. The molecule has 1 heterocycles. The van der Waals surface area contributed by atoms with E-state index in [1.54, 1.807) is 17.3 Å². The number of rotatable bonds is 5. The number of hydrogen-bond donors (Lipinski definition) is 1. The van der Waals surface area contributed by atoms with Gasteiger partial charge in [-0.25, -0.2) is 4.79 Å². The van der Waals surface area contributed by atoms with Crippen molar-refractivity contribution in [1.29, 1.82) is 0 Å². The molecule has 1 aliphatic carbocycles. The third-order valence-corrected chi connectivity index (χ3v) is 3.68. The van der Waals surface area contributed by atoms with E-state index in [-0.39, 0.29) is 0 Å². The van der Waals surface area contributed by atoms with Crippen LogP contribution in [-0.4, -0.2) is 35.2 Å². The first-order valence-corrected chi connectivity index (χ1v) is 7.86. The van der Waals surface area contributed by atoms with Crippen LogP contribution in [0.15, 0.2) is 22.9 Å². The van der Waals surface area contributed by atoms with Crippen LogP contribution in [0.3, 0.4) is 0 Å². The summed E-state index contributed by atoms with van der Waals surface area (Å²) in [5.41, 5.74) is -0.272. The number of alkyl carbamates (subject to hydrolysis) is 1. The SMILES string of the molecule is CC(C)(C)OC(=O)NC1(CN(C=O)c2cncc(Br)c2)CC1. The van der Waals surface area contributed by atoms with Gasteiger partial charge >= 0.3 is 6.09 Å². The second kappa shape index (κ2) is 6.24. The Hall–Kier alpha value is -1.63. The molecule has 2 amide bonds. The molecule has 1 aliphatic rings. The van der Waals surface area contributed by atoms with E-state index in [1.165, 1.54) is 0 Å². The summed E-state index contributed by atoms with van der Waals surface area (Å²) in [5.74, 6) is 0. The van der Waals surface area contributed by atoms with Crippen LogP contribution in [0.2, 0.25) is 0 Å². The number of pyridine rings is 1. The van der Waals surface area contributed by atoms with Gasteiger partial charge in [-0.3, -0.25) is 9.78 Å². The summed E-state index contributed by atoms with van der Waals surface area (Å²) in [5, 5.41) is 2.88. The highest BCUT2D eigenvalue weighted by Crippen LogP contribution is 2.37. The molecule has 1 aromatic rings. The second-order valence-electron chi connectivity index (χ2n) is 6.50. The molecule has 0 unspecified atom stereocenters. The molecular formula is C15H20BrN3O3. The van der Waals surface area contributed by atoms with Crippen LogP contribution in [0.4, 0.5) is 10.5 Å². The first kappa shape index (κ1) is 16.7. The topological polar surface area (TPSA) is 71.5 Å². The fraction of sp³-hybridized carbons (Fsp3) is 0.533. The molecule has 7 heteroatoms. The Labute approximate surface area is 138 Å². The Morgan fingerprint density at radius 3 is 2.68 bits per heavy atom. The minimum absolute atomic E-state index is 0.397. The lowest BCUT2D eigenvalue weighted by Gasteiger charge is -2.27. The molecule has 6 nitrogen and oxygen atoms in total. The van der Waals surface area contributed by atoms with Gasteiger partial charge in [0.15, 0.2) is 0 Å². The van der Waals surface area contributed by atoms with E-state index in [2.05, 4.69) is 26.2 Å². The Morgan fingerprint density at radius 1 is 1.50 bits per heavy atom. The van der Waals surface area contributed by atoms with Crippen LogP contribution < -0.4 is 10.2 Å². The lowest BCUT2D eigenvalue weighted by Crippen LogP contribution is -2.47. The van der Waals surface area contributed by atoms with E-state index >= 15 is 0 Å². The van der Waals surface area contributed by atoms with Gasteiger partial charge in [0, 0.05) is 17.2 Å². The maximum absolute atomic E-state index is 11.9. The number of amides is 2. The third kappa shape index (κ3) is 4.69. The zero-order valence-electron chi connectivity index (χ0n) is 12.9. The number of anilines is 1. The summed E-state index contributed by atoms with van der Waals surface area (Å²) in [6.45, 7) is 5.85. The van der Waals surface area contributed by atoms with Gasteiger partial charge in [0.25, 0.3) is 0 Å². The van der Waals surface area contributed by atoms with E-state index in [0.717, 1.165) is 23.7 Å². The van der Waals surface area contributed by atoms with Crippen molar-refractivity contribution in [2.24, 2.45) is 0 Å². The monoisotopic (exact) mass is 369 g/mol. The van der Waals surface area contributed by atoms with Gasteiger partial charge in [-0.05, 0) is 55.6 Å². The number of carbonyl (C=O) groups excluding carboxylic acids is 2. The maximum Gasteiger partial charge on any atom is 0.408 e. The summed E-state index contributed by atoms with van der Waals surface area (Å²) < 4.78 is 6.07. The number of hydrogen-bond acceptors (Lipinski definition) is 4. The predicted octanol–water partition coefficient (Wildman–Crippen LogP) is 2.86. The molecule has 0 spiro atoms. The van der Waals surface area contributed by atoms with E-state index in [4.69, 9.17) is 4.74 Å². The summed E-state index contributed by atoms with van der Waals surface area (Å²) in [6.07, 6.45) is 5.19. The Balaban J connectivity index is 2.01. The van der Waals surface area contributed by atoms with Gasteiger partial charge in [-0.1, -0.05) is 0 Å². The minimum Gasteiger partial charge on any atom is -0.444 e. The minimum atomic E-state index is -0.543. The van der Waals surface area contributed by atoms with Crippen molar-refractivity contribution >= 4 is 34.1 Å². The Bertz CT molecular complexity index is 567. The molecule has 0 radical (unpaired) electrons. The van der Waals surface area contributed by atoms with Crippen molar-refractivity contribution in [2.45, 2.75) is 44.8 Å². The number of ether oxygens (including phenoxy) is 1. The van der Waals surface area contributed by atoms with Gasteiger partial charge in [0.2, 0.25) is 6.41 Å². The van der Waals surface area contributed by atoms with Crippen LogP contribution in [0.5, 0.6) is 0 Å². The third-order valence-electron chi connectivity index (χ3n) is 3.24. The van der Waals surface area contributed by atoms with Gasteiger partial charge in [-0.15, -0.1) is 0 Å². The van der Waals surface area contributed by atoms with Crippen LogP contribution in [0.1, 0.15) is 33.6 Å². The molecule has 22 heavy (non-hydrogen) atoms. The van der Waals surface area contributed by atoms with Crippen molar-refractivity contribution in [1.82, 2.24) is 10.3 Å². The molecule has 0 saturated heterocycles. The van der Waals surface area contributed by atoms with Crippen LogP contribution in [0, 0.1) is 0 Å². The highest BCUT2D eigenvalue weighted by Gasteiger charge is 2.46. The molecule has 1 saturated carbocycles. The average Bonchev–Trinajstić information content (AvgIpc) is 3.13. The van der Waals surface area contributed by atoms with Gasteiger partial charge in [-0.2, -0.15) is 0 Å². The van der Waals surface area contributed by atoms with Gasteiger partial charge < -0.3 is 15.0 Å². The largest absolute Gasteiger partial charge is 0.444 e. The molecule has 1 aromatic heterocycles. The highest BCUT2D eigenvalue weighted by atomic mass is 79.9. The highest BCUT2D eigenvalue weighted by molar-refractivity contribution is 9.10. The van der Waals surface area contributed by atoms with Crippen molar-refractivity contribution < 1.29 is 14.3 Å². The summed E-state index contributed by atoms with van der Waals surface area (Å²) in [4.78, 5) is 28.9. The number of aromatic nitrogens is 1. The van der Waals surface area contributed by atoms with E-state index in [1.807, 2.05) is 26.8 Å². The lowest BCUT2D eigenvalue weighted by atomic mass is 10.2. The van der Waals surface area contributed by atoms with Crippen LogP contribution in [-0.2, 0) is 9.53 Å². The quantitative estimate of drug-likeness (QED) is 0.810. The molecule has 0 aliphatic heterocycles. The fourth-order valence-corrected chi connectivity index (χ4v) is 2.42. The Kier molecular flexibility index (Phi) is 4.75. The zero-order valence-corrected chi connectivity index (χ0v) is 14.5. The summed E-state index contributed by atoms with van der Waals surface area (Å²) in [6, 6.07) is 1.81. The molecule has 0 aromatic carbocycles. The molecule has 0 bridgehead atoms. The first-order valence-electron chi connectivity index (χ1n) is 7.07. The molecule has 120 valence electrons. The molecule has 2 rings (SSSR count). The van der Waals surface area contributed by atoms with Crippen molar-refractivity contribution in [3.63, 3.8) is 0 Å². The second-order valence-corrected chi connectivity index (χ2v) is 7.42. The fourth-order valence-electron chi connectivity index (χ4n) is 2.07. The summed E-state index contributed by atoms with van der Waals surface area (Å²) in [7, 11) is 0. The van der Waals surface area contributed by atoms with Crippen molar-refractivity contribution in [3.05, 3.63) is 22.9 Å². The van der Waals surface area contributed by atoms with E-state index in [0.29, 0.717) is 12.2 Å². The number of carbonyl (C=O) groups is 2. The molecule has 1 fully saturated rings. The van der Waals surface area contributed by atoms with Crippen LogP contribution >= 0.6 is 15.9 Å². The molecular weight excluding hydrogens is 350 g/mol. The van der Waals surface area contributed by atoms with E-state index in [9.17, 15) is 9.59 Å². The standard InChI is InChI=1S/C15H20BrN3O3/c1-14(2,3)22-13(21)18-15(4-5-15)9-19(10-20)12-6-11(16)7-17-8-12/h6-8,10H,4-5,9H2,1-3H3,(H,18,21). The predicted molar refractivity (Wildman–Crippen MR) is 86.7 cm³/mol. The van der Waals surface area contributed by atoms with Crippen LogP contribution in [0.25, 0.3) is 0 Å². The number of nitrogens with one attached hydrogen (secondary N) is 1. The molecule has 1 N–H and O–H groups in total. The Morgan fingerprint density at radius 2 is 2.18 bits per heavy atom. The van der Waals surface area contributed by atoms with Crippen molar-refractivity contribution in [2.75, 3.05) is 11.4 Å². The smallest absolute Gasteiger partial charge is 0.408 e. The number of nitrogens with zero attached hydrogens (tertiary/aromatic N) is 2. The summed E-state index contributed by atoms with van der Waals surface area (Å²) >= 11 is 3.33. The van der Waals surface area contributed by atoms with E-state index < -0.39 is 17.2 Å². The molecule has 0 atom stereocenters. The van der Waals surface area contributed by atoms with Gasteiger partial charge in [0.1, 0.15) is 5.60 Å². The number of halogens is 1. The average molecular weight is 370 g/mol. The lowest BCUT2D eigenvalue weighted by molar-refractivity contribution is -0.107. The first-order chi connectivity index (χ1) is 10.2. The maximum atomic E-state index is 11.9. The van der Waals surface area contributed by atoms with Gasteiger partial charge in [0.05, 0.1) is 17.4 Å². The normalized spacial score (nSPS) is 15.8.